The lowest BCUT2D eigenvalue weighted by atomic mass is 9.97. The first-order valence-corrected chi connectivity index (χ1v) is 6.77. The highest BCUT2D eigenvalue weighted by Gasteiger charge is 2.27. The van der Waals surface area contributed by atoms with E-state index in [1.807, 2.05) is 20.8 Å². The Morgan fingerprint density at radius 3 is 2.35 bits per heavy atom. The van der Waals surface area contributed by atoms with Crippen LogP contribution in [-0.2, 0) is 16.6 Å². The molecule has 1 heterocycles. The summed E-state index contributed by atoms with van der Waals surface area (Å²) >= 11 is 0. The molecule has 1 N–H and O–H groups in total. The molecule has 0 aliphatic carbocycles. The molecule has 0 aliphatic rings. The van der Waals surface area contributed by atoms with Crippen molar-refractivity contribution in [2.24, 2.45) is 5.41 Å². The molecule has 1 aromatic rings. The first-order chi connectivity index (χ1) is 7.66. The maximum Gasteiger partial charge on any atom is 0.276 e. The van der Waals surface area contributed by atoms with Gasteiger partial charge < -0.3 is 9.52 Å². The average Bonchev–Trinajstić information content (AvgIpc) is 2.63. The fourth-order valence-electron chi connectivity index (χ4n) is 1.49. The Bertz CT molecular complexity index is 470. The van der Waals surface area contributed by atoms with Crippen molar-refractivity contribution < 1.29 is 17.9 Å². The van der Waals surface area contributed by atoms with Crippen LogP contribution in [0, 0.1) is 5.41 Å². The van der Waals surface area contributed by atoms with Crippen molar-refractivity contribution in [2.45, 2.75) is 32.5 Å². The summed E-state index contributed by atoms with van der Waals surface area (Å²) in [5, 5.41) is 8.71. The zero-order chi connectivity index (χ0) is 13.3. The van der Waals surface area contributed by atoms with Crippen molar-refractivity contribution in [1.29, 1.82) is 0 Å². The summed E-state index contributed by atoms with van der Waals surface area (Å²) in [7, 11) is -2.09. The van der Waals surface area contributed by atoms with E-state index in [2.05, 4.69) is 0 Å². The van der Waals surface area contributed by atoms with E-state index in [-0.39, 0.29) is 22.9 Å². The minimum atomic E-state index is -3.61. The molecule has 0 unspecified atom stereocenters. The minimum Gasteiger partial charge on any atom is -0.446 e. The average molecular weight is 261 g/mol. The van der Waals surface area contributed by atoms with E-state index in [1.54, 1.807) is 0 Å². The highest BCUT2D eigenvalue weighted by molar-refractivity contribution is 7.89. The van der Waals surface area contributed by atoms with Gasteiger partial charge >= 0.3 is 0 Å². The normalized spacial score (nSPS) is 13.3. The summed E-state index contributed by atoms with van der Waals surface area (Å²) in [4.78, 5) is 0. The Morgan fingerprint density at radius 1 is 1.35 bits per heavy atom. The maximum atomic E-state index is 12.1. The van der Waals surface area contributed by atoms with Crippen molar-refractivity contribution in [2.75, 3.05) is 13.6 Å². The van der Waals surface area contributed by atoms with Gasteiger partial charge in [-0.3, -0.25) is 0 Å². The van der Waals surface area contributed by atoms with E-state index in [0.717, 1.165) is 0 Å². The van der Waals surface area contributed by atoms with Gasteiger partial charge in [0.2, 0.25) is 5.09 Å². The van der Waals surface area contributed by atoms with Crippen molar-refractivity contribution in [1.82, 2.24) is 4.31 Å². The topological polar surface area (TPSA) is 70.8 Å². The molecule has 0 spiro atoms. The van der Waals surface area contributed by atoms with E-state index in [0.29, 0.717) is 6.54 Å². The number of nitrogens with zero attached hydrogens (tertiary/aromatic N) is 1. The smallest absolute Gasteiger partial charge is 0.276 e. The zero-order valence-corrected chi connectivity index (χ0v) is 11.4. The number of aliphatic hydroxyl groups excluding tert-OH is 1. The van der Waals surface area contributed by atoms with Gasteiger partial charge in [-0.1, -0.05) is 20.8 Å². The van der Waals surface area contributed by atoms with Gasteiger partial charge in [0.05, 0.1) is 0 Å². The third kappa shape index (κ3) is 3.55. The monoisotopic (exact) mass is 261 g/mol. The molecule has 6 heteroatoms. The molecule has 0 bridgehead atoms. The van der Waals surface area contributed by atoms with Gasteiger partial charge in [0.15, 0.2) is 0 Å². The summed E-state index contributed by atoms with van der Waals surface area (Å²) < 4.78 is 30.5. The first-order valence-electron chi connectivity index (χ1n) is 5.33. The molecule has 0 amide bonds. The van der Waals surface area contributed by atoms with Crippen molar-refractivity contribution >= 4 is 10.0 Å². The van der Waals surface area contributed by atoms with Gasteiger partial charge in [0.1, 0.15) is 12.4 Å². The van der Waals surface area contributed by atoms with Crippen LogP contribution < -0.4 is 0 Å². The third-order valence-electron chi connectivity index (χ3n) is 2.15. The Hall–Kier alpha value is -0.850. The fraction of sp³-hybridized carbons (Fsp3) is 0.636. The molecule has 0 fully saturated rings. The zero-order valence-electron chi connectivity index (χ0n) is 10.6. The number of aliphatic hydroxyl groups is 1. The Morgan fingerprint density at radius 2 is 1.94 bits per heavy atom. The van der Waals surface area contributed by atoms with Crippen LogP contribution in [0.25, 0.3) is 0 Å². The summed E-state index contributed by atoms with van der Waals surface area (Å²) in [6, 6.07) is 2.82. The molecule has 0 saturated carbocycles. The van der Waals surface area contributed by atoms with E-state index in [9.17, 15) is 8.42 Å². The lowest BCUT2D eigenvalue weighted by Gasteiger charge is -2.25. The predicted molar refractivity (Wildman–Crippen MR) is 63.9 cm³/mol. The molecule has 0 aromatic carbocycles. The number of hydrogen-bond acceptors (Lipinski definition) is 4. The molecule has 1 aromatic heterocycles. The number of sulfonamides is 1. The van der Waals surface area contributed by atoms with Crippen molar-refractivity contribution in [3.63, 3.8) is 0 Å². The van der Waals surface area contributed by atoms with Gasteiger partial charge in [-0.25, -0.2) is 8.42 Å². The van der Waals surface area contributed by atoms with Crippen LogP contribution in [0.2, 0.25) is 0 Å². The molecule has 0 atom stereocenters. The maximum absolute atomic E-state index is 12.1. The fourth-order valence-corrected chi connectivity index (χ4v) is 2.81. The van der Waals surface area contributed by atoms with Crippen molar-refractivity contribution in [3.05, 3.63) is 17.9 Å². The number of hydrogen-bond donors (Lipinski definition) is 1. The number of furan rings is 1. The predicted octanol–water partition coefficient (Wildman–Crippen LogP) is 1.44. The summed E-state index contributed by atoms with van der Waals surface area (Å²) in [5.74, 6) is 0.243. The Labute approximate surface area is 102 Å². The van der Waals surface area contributed by atoms with Gasteiger partial charge in [-0.05, 0) is 17.5 Å². The van der Waals surface area contributed by atoms with Crippen LogP contribution in [0.3, 0.4) is 0 Å². The van der Waals surface area contributed by atoms with Crippen molar-refractivity contribution in [3.8, 4) is 0 Å². The quantitative estimate of drug-likeness (QED) is 0.890. The second kappa shape index (κ2) is 4.80. The summed E-state index contributed by atoms with van der Waals surface area (Å²) in [5.41, 5.74) is -0.131. The Balaban J connectivity index is 2.95. The van der Waals surface area contributed by atoms with E-state index in [4.69, 9.17) is 9.52 Å². The Kier molecular flexibility index (Phi) is 4.01. The standard InChI is InChI=1S/C11H19NO4S/c1-11(2,3)8-12(4)17(14,15)10-6-5-9(7-13)16-10/h5-6,13H,7-8H2,1-4H3. The van der Waals surface area contributed by atoms with Gasteiger partial charge in [0, 0.05) is 13.6 Å². The highest BCUT2D eigenvalue weighted by atomic mass is 32.2. The second-order valence-corrected chi connectivity index (χ2v) is 7.18. The molecular weight excluding hydrogens is 242 g/mol. The lowest BCUT2D eigenvalue weighted by molar-refractivity contribution is 0.234. The second-order valence-electron chi connectivity index (χ2n) is 5.20. The lowest BCUT2D eigenvalue weighted by Crippen LogP contribution is -2.34. The first kappa shape index (κ1) is 14.2. The SMILES string of the molecule is CN(CC(C)(C)C)S(=O)(=O)c1ccc(CO)o1. The molecule has 1 rings (SSSR count). The molecule has 0 aliphatic heterocycles. The van der Waals surface area contributed by atoms with Crippen LogP contribution in [0.4, 0.5) is 0 Å². The van der Waals surface area contributed by atoms with E-state index >= 15 is 0 Å². The van der Waals surface area contributed by atoms with Gasteiger partial charge in [-0.15, -0.1) is 0 Å². The number of rotatable bonds is 4. The van der Waals surface area contributed by atoms with Crippen LogP contribution in [0.1, 0.15) is 26.5 Å². The van der Waals surface area contributed by atoms with E-state index < -0.39 is 10.0 Å². The molecule has 5 nitrogen and oxygen atoms in total. The summed E-state index contributed by atoms with van der Waals surface area (Å²) in [6.07, 6.45) is 0. The molecule has 17 heavy (non-hydrogen) atoms. The van der Waals surface area contributed by atoms with Crippen LogP contribution in [0.5, 0.6) is 0 Å². The summed E-state index contributed by atoms with van der Waals surface area (Å²) in [6.45, 7) is 5.96. The van der Waals surface area contributed by atoms with Crippen LogP contribution >= 0.6 is 0 Å². The molecular formula is C11H19NO4S. The highest BCUT2D eigenvalue weighted by Crippen LogP contribution is 2.22. The van der Waals surface area contributed by atoms with Crippen LogP contribution in [-0.4, -0.2) is 31.4 Å². The third-order valence-corrected chi connectivity index (χ3v) is 3.83. The minimum absolute atomic E-state index is 0.131. The molecule has 0 radical (unpaired) electrons. The van der Waals surface area contributed by atoms with Gasteiger partial charge in [-0.2, -0.15) is 4.31 Å². The molecule has 98 valence electrons. The van der Waals surface area contributed by atoms with Crippen LogP contribution in [0.15, 0.2) is 21.6 Å². The van der Waals surface area contributed by atoms with Gasteiger partial charge in [0.25, 0.3) is 10.0 Å². The van der Waals surface area contributed by atoms with E-state index in [1.165, 1.54) is 23.5 Å². The molecule has 0 saturated heterocycles. The largest absolute Gasteiger partial charge is 0.446 e.